The van der Waals surface area contributed by atoms with E-state index in [1.807, 2.05) is 42.1 Å². The van der Waals surface area contributed by atoms with Crippen LogP contribution in [0.2, 0.25) is 5.02 Å². The minimum Gasteiger partial charge on any atom is -0.350 e. The molecular formula is C21H21ClN2O3S. The smallest absolute Gasteiger partial charge is 0.227 e. The summed E-state index contributed by atoms with van der Waals surface area (Å²) in [5, 5.41) is 0.977. The van der Waals surface area contributed by atoms with Crippen LogP contribution in [0, 0.1) is 0 Å². The van der Waals surface area contributed by atoms with E-state index in [1.165, 1.54) is 12.1 Å². The average molecular weight is 417 g/mol. The quantitative estimate of drug-likeness (QED) is 0.654. The van der Waals surface area contributed by atoms with E-state index < -0.39 is 15.1 Å². The molecule has 0 bridgehead atoms. The second-order valence-corrected chi connectivity index (χ2v) is 9.87. The monoisotopic (exact) mass is 416 g/mol. The standard InChI is InChI=1S/C21H21ClN2O3S/c1-23-13-15(19-4-2-3-5-20(19)23)12-21(25)24-11-10-18(14-24)28(26,27)17-8-6-16(22)7-9-17/h2-9,13,18H,10-12,14H2,1H3/t18-/m0/s1. The predicted molar refractivity (Wildman–Crippen MR) is 110 cm³/mol. The summed E-state index contributed by atoms with van der Waals surface area (Å²) >= 11 is 5.86. The molecular weight excluding hydrogens is 396 g/mol. The molecule has 0 spiro atoms. The second kappa shape index (κ2) is 7.26. The van der Waals surface area contributed by atoms with Gasteiger partial charge in [-0.2, -0.15) is 0 Å². The Morgan fingerprint density at radius 3 is 2.61 bits per heavy atom. The number of amides is 1. The van der Waals surface area contributed by atoms with Crippen molar-refractivity contribution in [3.8, 4) is 0 Å². The number of sulfone groups is 1. The molecule has 1 atom stereocenters. The molecule has 1 aliphatic heterocycles. The zero-order valence-corrected chi connectivity index (χ0v) is 17.1. The zero-order valence-electron chi connectivity index (χ0n) is 15.5. The van der Waals surface area contributed by atoms with Gasteiger partial charge in [0.25, 0.3) is 0 Å². The van der Waals surface area contributed by atoms with Crippen LogP contribution in [0.5, 0.6) is 0 Å². The molecule has 2 aromatic carbocycles. The van der Waals surface area contributed by atoms with Gasteiger partial charge in [0.15, 0.2) is 9.84 Å². The number of carbonyl (C=O) groups excluding carboxylic acids is 1. The minimum absolute atomic E-state index is 0.0369. The fourth-order valence-electron chi connectivity index (χ4n) is 3.87. The Balaban J connectivity index is 1.49. The summed E-state index contributed by atoms with van der Waals surface area (Å²) in [6.07, 6.45) is 2.70. The molecule has 1 saturated heterocycles. The van der Waals surface area contributed by atoms with Gasteiger partial charge in [-0.1, -0.05) is 29.8 Å². The molecule has 5 nitrogen and oxygen atoms in total. The number of rotatable bonds is 4. The highest BCUT2D eigenvalue weighted by Gasteiger charge is 2.36. The van der Waals surface area contributed by atoms with Crippen molar-refractivity contribution >= 4 is 38.2 Å². The number of hydrogen-bond donors (Lipinski definition) is 0. The van der Waals surface area contributed by atoms with E-state index in [1.54, 1.807) is 17.0 Å². The average Bonchev–Trinajstić information content (AvgIpc) is 3.29. The van der Waals surface area contributed by atoms with Gasteiger partial charge in [-0.25, -0.2) is 8.42 Å². The fourth-order valence-corrected chi connectivity index (χ4v) is 5.68. The van der Waals surface area contributed by atoms with E-state index in [4.69, 9.17) is 11.6 Å². The van der Waals surface area contributed by atoms with Gasteiger partial charge < -0.3 is 9.47 Å². The molecule has 28 heavy (non-hydrogen) atoms. The number of benzene rings is 2. The summed E-state index contributed by atoms with van der Waals surface area (Å²) < 4.78 is 27.7. The number of carbonyl (C=O) groups is 1. The largest absolute Gasteiger partial charge is 0.350 e. The van der Waals surface area contributed by atoms with Crippen molar-refractivity contribution in [3.63, 3.8) is 0 Å². The van der Waals surface area contributed by atoms with Crippen molar-refractivity contribution in [1.82, 2.24) is 9.47 Å². The van der Waals surface area contributed by atoms with E-state index >= 15 is 0 Å². The number of fused-ring (bicyclic) bond motifs is 1. The molecule has 146 valence electrons. The molecule has 4 rings (SSSR count). The van der Waals surface area contributed by atoms with E-state index in [-0.39, 0.29) is 23.8 Å². The topological polar surface area (TPSA) is 59.4 Å². The van der Waals surface area contributed by atoms with Crippen LogP contribution in [0.25, 0.3) is 10.9 Å². The Labute approximate surface area is 169 Å². The summed E-state index contributed by atoms with van der Waals surface area (Å²) in [7, 11) is -1.52. The van der Waals surface area contributed by atoms with Gasteiger partial charge in [0.1, 0.15) is 0 Å². The first-order valence-corrected chi connectivity index (χ1v) is 11.1. The fraction of sp³-hybridized carbons (Fsp3) is 0.286. The molecule has 1 amide bonds. The maximum Gasteiger partial charge on any atom is 0.227 e. The van der Waals surface area contributed by atoms with Crippen LogP contribution in [0.3, 0.4) is 0 Å². The maximum atomic E-state index is 12.9. The highest BCUT2D eigenvalue weighted by molar-refractivity contribution is 7.92. The number of halogens is 1. The molecule has 0 N–H and O–H groups in total. The predicted octanol–water partition coefficient (Wildman–Crippen LogP) is 3.45. The summed E-state index contributed by atoms with van der Waals surface area (Å²) in [5.41, 5.74) is 2.04. The first-order valence-electron chi connectivity index (χ1n) is 9.16. The summed E-state index contributed by atoms with van der Waals surface area (Å²) in [6.45, 7) is 0.690. The number of hydrogen-bond acceptors (Lipinski definition) is 3. The van der Waals surface area contributed by atoms with Crippen molar-refractivity contribution in [1.29, 1.82) is 0 Å². The van der Waals surface area contributed by atoms with Crippen LogP contribution in [0.1, 0.15) is 12.0 Å². The van der Waals surface area contributed by atoms with Crippen molar-refractivity contribution in [3.05, 3.63) is 65.3 Å². The Kier molecular flexibility index (Phi) is 4.93. The number of nitrogens with zero attached hydrogens (tertiary/aromatic N) is 2. The molecule has 0 aliphatic carbocycles. The van der Waals surface area contributed by atoms with Crippen LogP contribution in [-0.2, 0) is 28.1 Å². The van der Waals surface area contributed by atoms with Gasteiger partial charge in [-0.05, 0) is 42.3 Å². The Hall–Kier alpha value is -2.31. The third kappa shape index (κ3) is 3.42. The lowest BCUT2D eigenvalue weighted by atomic mass is 10.1. The van der Waals surface area contributed by atoms with Crippen molar-refractivity contribution in [2.75, 3.05) is 13.1 Å². The number of aromatic nitrogens is 1. The third-order valence-corrected chi connectivity index (χ3v) is 7.84. The lowest BCUT2D eigenvalue weighted by molar-refractivity contribution is -0.129. The molecule has 2 heterocycles. The Morgan fingerprint density at radius 1 is 1.14 bits per heavy atom. The van der Waals surface area contributed by atoms with Gasteiger partial charge in [0.2, 0.25) is 5.91 Å². The summed E-state index contributed by atoms with van der Waals surface area (Å²) in [4.78, 5) is 14.7. The number of likely N-dealkylation sites (tertiary alicyclic amines) is 1. The number of para-hydroxylation sites is 1. The van der Waals surface area contributed by atoms with Crippen molar-refractivity contribution in [2.24, 2.45) is 7.05 Å². The zero-order chi connectivity index (χ0) is 19.9. The van der Waals surface area contributed by atoms with Crippen LogP contribution in [0.4, 0.5) is 0 Å². The molecule has 0 saturated carbocycles. The first kappa shape index (κ1) is 19.0. The third-order valence-electron chi connectivity index (χ3n) is 5.40. The van der Waals surface area contributed by atoms with E-state index in [0.29, 0.717) is 18.0 Å². The van der Waals surface area contributed by atoms with Crippen LogP contribution in [0.15, 0.2) is 59.6 Å². The van der Waals surface area contributed by atoms with Crippen LogP contribution in [-0.4, -0.2) is 42.1 Å². The summed E-state index contributed by atoms with van der Waals surface area (Å²) in [5.74, 6) is -0.0369. The SMILES string of the molecule is Cn1cc(CC(=O)N2CC[C@H](S(=O)(=O)c3ccc(Cl)cc3)C2)c2ccccc21. The van der Waals surface area contributed by atoms with Gasteiger partial charge in [-0.3, -0.25) is 4.79 Å². The van der Waals surface area contributed by atoms with Crippen molar-refractivity contribution < 1.29 is 13.2 Å². The maximum absolute atomic E-state index is 12.9. The van der Waals surface area contributed by atoms with E-state index in [2.05, 4.69) is 0 Å². The lowest BCUT2D eigenvalue weighted by Crippen LogP contribution is -2.32. The molecule has 0 radical (unpaired) electrons. The minimum atomic E-state index is -3.48. The first-order chi connectivity index (χ1) is 13.4. The molecule has 0 unspecified atom stereocenters. The molecule has 1 aliphatic rings. The highest BCUT2D eigenvalue weighted by atomic mass is 35.5. The van der Waals surface area contributed by atoms with Gasteiger partial charge in [0.05, 0.1) is 16.6 Å². The van der Waals surface area contributed by atoms with Gasteiger partial charge in [0, 0.05) is 42.3 Å². The number of aryl methyl sites for hydroxylation is 1. The Morgan fingerprint density at radius 2 is 1.86 bits per heavy atom. The van der Waals surface area contributed by atoms with E-state index in [0.717, 1.165) is 16.5 Å². The molecule has 3 aromatic rings. The molecule has 7 heteroatoms. The van der Waals surface area contributed by atoms with Crippen LogP contribution >= 0.6 is 11.6 Å². The summed E-state index contributed by atoms with van der Waals surface area (Å²) in [6, 6.07) is 14.2. The lowest BCUT2D eigenvalue weighted by Gasteiger charge is -2.17. The van der Waals surface area contributed by atoms with Gasteiger partial charge in [-0.15, -0.1) is 0 Å². The van der Waals surface area contributed by atoms with E-state index in [9.17, 15) is 13.2 Å². The molecule has 1 fully saturated rings. The van der Waals surface area contributed by atoms with Crippen LogP contribution < -0.4 is 0 Å². The van der Waals surface area contributed by atoms with Crippen molar-refractivity contribution in [2.45, 2.75) is 23.0 Å². The second-order valence-electron chi connectivity index (χ2n) is 7.21. The van der Waals surface area contributed by atoms with Gasteiger partial charge >= 0.3 is 0 Å². The Bertz CT molecular complexity index is 1140. The molecule has 1 aromatic heterocycles. The highest BCUT2D eigenvalue weighted by Crippen LogP contribution is 2.26. The normalized spacial score (nSPS) is 17.4.